The Hall–Kier alpha value is -2.54. The summed E-state index contributed by atoms with van der Waals surface area (Å²) in [5.41, 5.74) is 0.377. The van der Waals surface area contributed by atoms with Gasteiger partial charge in [0.15, 0.2) is 0 Å². The predicted molar refractivity (Wildman–Crippen MR) is 107 cm³/mol. The van der Waals surface area contributed by atoms with E-state index in [2.05, 4.69) is 12.2 Å². The molecule has 0 aliphatic heterocycles. The molecule has 2 rings (SSSR count). The largest absolute Gasteiger partial charge is 0.497 e. The lowest BCUT2D eigenvalue weighted by molar-refractivity contribution is -0.119. The lowest BCUT2D eigenvalue weighted by Crippen LogP contribution is -2.41. The van der Waals surface area contributed by atoms with Crippen LogP contribution < -0.4 is 14.4 Å². The lowest BCUT2D eigenvalue weighted by atomic mass is 10.2. The van der Waals surface area contributed by atoms with E-state index in [1.54, 1.807) is 42.5 Å². The summed E-state index contributed by atoms with van der Waals surface area (Å²) in [6, 6.07) is 14.8. The highest BCUT2D eigenvalue weighted by molar-refractivity contribution is 7.92. The Morgan fingerprint density at radius 1 is 1.07 bits per heavy atom. The van der Waals surface area contributed by atoms with Crippen molar-refractivity contribution in [3.05, 3.63) is 54.6 Å². The molecule has 0 spiro atoms. The molecule has 0 fully saturated rings. The summed E-state index contributed by atoms with van der Waals surface area (Å²) in [6.07, 6.45) is 2.93. The minimum Gasteiger partial charge on any atom is -0.497 e. The first-order valence-electron chi connectivity index (χ1n) is 8.97. The van der Waals surface area contributed by atoms with Crippen LogP contribution in [-0.4, -0.2) is 34.5 Å². The molecule has 2 aromatic carbocycles. The van der Waals surface area contributed by atoms with Gasteiger partial charge in [-0.2, -0.15) is 0 Å². The Labute approximate surface area is 161 Å². The molecular formula is C20H26N2O4S. The van der Waals surface area contributed by atoms with Gasteiger partial charge in [-0.05, 0) is 30.7 Å². The number of carbonyl (C=O) groups excluding carboxylic acids is 1. The molecule has 0 saturated heterocycles. The summed E-state index contributed by atoms with van der Waals surface area (Å²) in [5.74, 6) is 0.178. The zero-order valence-corrected chi connectivity index (χ0v) is 16.5. The molecule has 1 N–H and O–H groups in total. The van der Waals surface area contributed by atoms with E-state index in [4.69, 9.17) is 4.74 Å². The second-order valence-electron chi connectivity index (χ2n) is 6.08. The fraction of sp³-hybridized carbons (Fsp3) is 0.350. The Balaban J connectivity index is 2.30. The van der Waals surface area contributed by atoms with Gasteiger partial charge < -0.3 is 10.1 Å². The van der Waals surface area contributed by atoms with Crippen LogP contribution in [-0.2, 0) is 14.8 Å². The molecule has 6 nitrogen and oxygen atoms in total. The maximum atomic E-state index is 13.1. The summed E-state index contributed by atoms with van der Waals surface area (Å²) in [4.78, 5) is 12.5. The van der Waals surface area contributed by atoms with Crippen molar-refractivity contribution in [2.24, 2.45) is 0 Å². The average Bonchev–Trinajstić information content (AvgIpc) is 2.70. The van der Waals surface area contributed by atoms with E-state index in [1.807, 2.05) is 0 Å². The Kier molecular flexibility index (Phi) is 7.67. The number of ether oxygens (including phenoxy) is 1. The van der Waals surface area contributed by atoms with Crippen LogP contribution in [0.1, 0.15) is 26.2 Å². The van der Waals surface area contributed by atoms with Crippen LogP contribution >= 0.6 is 0 Å². The van der Waals surface area contributed by atoms with Crippen molar-refractivity contribution in [3.8, 4) is 5.75 Å². The molecule has 0 saturated carbocycles. The second kappa shape index (κ2) is 9.97. The average molecular weight is 391 g/mol. The minimum atomic E-state index is -3.89. The number of amides is 1. The molecule has 0 unspecified atom stereocenters. The number of sulfonamides is 1. The van der Waals surface area contributed by atoms with E-state index in [0.717, 1.165) is 23.6 Å². The van der Waals surface area contributed by atoms with Crippen LogP contribution in [0.5, 0.6) is 5.75 Å². The minimum absolute atomic E-state index is 0.131. The third-order valence-electron chi connectivity index (χ3n) is 4.06. The van der Waals surface area contributed by atoms with E-state index >= 15 is 0 Å². The predicted octanol–water partition coefficient (Wildman–Crippen LogP) is 3.20. The van der Waals surface area contributed by atoms with E-state index < -0.39 is 10.0 Å². The highest BCUT2D eigenvalue weighted by Gasteiger charge is 2.27. The number of unbranched alkanes of at least 4 members (excludes halogenated alkanes) is 2. The van der Waals surface area contributed by atoms with Crippen LogP contribution in [0.15, 0.2) is 59.5 Å². The molecule has 2 aromatic rings. The maximum Gasteiger partial charge on any atom is 0.264 e. The molecule has 0 aromatic heterocycles. The molecule has 0 atom stereocenters. The number of hydrogen-bond donors (Lipinski definition) is 1. The summed E-state index contributed by atoms with van der Waals surface area (Å²) in [7, 11) is -2.38. The Morgan fingerprint density at radius 3 is 2.48 bits per heavy atom. The number of rotatable bonds is 10. The van der Waals surface area contributed by atoms with Gasteiger partial charge >= 0.3 is 0 Å². The molecule has 0 heterocycles. The van der Waals surface area contributed by atoms with Gasteiger partial charge in [0.05, 0.1) is 17.7 Å². The monoisotopic (exact) mass is 390 g/mol. The van der Waals surface area contributed by atoms with Crippen molar-refractivity contribution in [1.82, 2.24) is 5.32 Å². The molecule has 1 amide bonds. The first-order valence-corrected chi connectivity index (χ1v) is 10.4. The Bertz CT molecular complexity index is 838. The van der Waals surface area contributed by atoms with Crippen molar-refractivity contribution in [2.45, 2.75) is 31.1 Å². The lowest BCUT2D eigenvalue weighted by Gasteiger charge is -2.24. The molecule has 7 heteroatoms. The molecule has 146 valence electrons. The van der Waals surface area contributed by atoms with Gasteiger partial charge in [0.2, 0.25) is 5.91 Å². The third kappa shape index (κ3) is 5.72. The molecule has 0 aliphatic rings. The summed E-state index contributed by atoms with van der Waals surface area (Å²) >= 11 is 0. The summed E-state index contributed by atoms with van der Waals surface area (Å²) in [6.45, 7) is 2.32. The van der Waals surface area contributed by atoms with Crippen LogP contribution in [0.25, 0.3) is 0 Å². The smallest absolute Gasteiger partial charge is 0.264 e. The maximum absolute atomic E-state index is 13.1. The van der Waals surface area contributed by atoms with E-state index in [9.17, 15) is 13.2 Å². The topological polar surface area (TPSA) is 75.7 Å². The normalized spacial score (nSPS) is 11.0. The van der Waals surface area contributed by atoms with Crippen LogP contribution in [0, 0.1) is 0 Å². The third-order valence-corrected chi connectivity index (χ3v) is 5.85. The standard InChI is InChI=1S/C20H26N2O4S/c1-3-4-8-14-21-20(23)16-22(17-10-9-11-18(15-17)26-2)27(24,25)19-12-6-5-7-13-19/h5-7,9-13,15H,3-4,8,14,16H2,1-2H3,(H,21,23). The van der Waals surface area contributed by atoms with Gasteiger partial charge in [-0.1, -0.05) is 44.0 Å². The van der Waals surface area contributed by atoms with Gasteiger partial charge in [0, 0.05) is 12.6 Å². The number of benzene rings is 2. The first-order chi connectivity index (χ1) is 13.0. The SMILES string of the molecule is CCCCCNC(=O)CN(c1cccc(OC)c1)S(=O)(=O)c1ccccc1. The van der Waals surface area contributed by atoms with Crippen molar-refractivity contribution in [3.63, 3.8) is 0 Å². The number of carbonyl (C=O) groups is 1. The number of hydrogen-bond acceptors (Lipinski definition) is 4. The number of anilines is 1. The van der Waals surface area contributed by atoms with Crippen LogP contribution in [0.4, 0.5) is 5.69 Å². The van der Waals surface area contributed by atoms with E-state index in [-0.39, 0.29) is 17.3 Å². The zero-order chi connectivity index (χ0) is 19.7. The molecule has 0 bridgehead atoms. The van der Waals surface area contributed by atoms with Gasteiger partial charge in [-0.15, -0.1) is 0 Å². The Morgan fingerprint density at radius 2 is 1.81 bits per heavy atom. The number of nitrogens with one attached hydrogen (secondary N) is 1. The second-order valence-corrected chi connectivity index (χ2v) is 7.95. The fourth-order valence-corrected chi connectivity index (χ4v) is 4.02. The van der Waals surface area contributed by atoms with Crippen LogP contribution in [0.3, 0.4) is 0 Å². The zero-order valence-electron chi connectivity index (χ0n) is 15.7. The molecule has 0 radical (unpaired) electrons. The summed E-state index contributed by atoms with van der Waals surface area (Å²) < 4.78 is 32.6. The molecule has 27 heavy (non-hydrogen) atoms. The quantitative estimate of drug-likeness (QED) is 0.632. The van der Waals surface area contributed by atoms with Crippen molar-refractivity contribution in [2.75, 3.05) is 24.5 Å². The molecule has 0 aliphatic carbocycles. The van der Waals surface area contributed by atoms with Crippen molar-refractivity contribution in [1.29, 1.82) is 0 Å². The van der Waals surface area contributed by atoms with Crippen molar-refractivity contribution >= 4 is 21.6 Å². The number of methoxy groups -OCH3 is 1. The van der Waals surface area contributed by atoms with Gasteiger partial charge in [-0.25, -0.2) is 8.42 Å². The molecular weight excluding hydrogens is 364 g/mol. The van der Waals surface area contributed by atoms with Gasteiger partial charge in [0.25, 0.3) is 10.0 Å². The highest BCUT2D eigenvalue weighted by Crippen LogP contribution is 2.26. The summed E-state index contributed by atoms with van der Waals surface area (Å²) in [5, 5.41) is 2.79. The van der Waals surface area contributed by atoms with Crippen molar-refractivity contribution < 1.29 is 17.9 Å². The van der Waals surface area contributed by atoms with Gasteiger partial charge in [-0.3, -0.25) is 9.10 Å². The highest BCUT2D eigenvalue weighted by atomic mass is 32.2. The first kappa shape index (κ1) is 20.8. The van der Waals surface area contributed by atoms with Crippen LogP contribution in [0.2, 0.25) is 0 Å². The number of nitrogens with zero attached hydrogens (tertiary/aromatic N) is 1. The fourth-order valence-electron chi connectivity index (χ4n) is 2.59. The van der Waals surface area contributed by atoms with E-state index in [0.29, 0.717) is 18.0 Å². The van der Waals surface area contributed by atoms with E-state index in [1.165, 1.54) is 19.2 Å². The van der Waals surface area contributed by atoms with Gasteiger partial charge in [0.1, 0.15) is 12.3 Å².